The van der Waals surface area contributed by atoms with Crippen LogP contribution in [0.4, 0.5) is 8.78 Å². The highest BCUT2D eigenvalue weighted by Crippen LogP contribution is 2.22. The lowest BCUT2D eigenvalue weighted by molar-refractivity contribution is 0.0950. The molecule has 0 saturated carbocycles. The molecule has 2 aromatic carbocycles. The second kappa shape index (κ2) is 7.92. The van der Waals surface area contributed by atoms with Crippen LogP contribution >= 0.6 is 11.6 Å². The number of benzene rings is 2. The number of carbonyl (C=O) groups excluding carboxylic acids is 1. The molecule has 3 rings (SSSR count). The average Bonchev–Trinajstić information content (AvgIpc) is 3.18. The van der Waals surface area contributed by atoms with Crippen molar-refractivity contribution in [2.24, 2.45) is 0 Å². The van der Waals surface area contributed by atoms with Gasteiger partial charge in [-0.05, 0) is 42.7 Å². The molecule has 1 N–H and O–H groups in total. The van der Waals surface area contributed by atoms with Crippen molar-refractivity contribution in [2.75, 3.05) is 13.1 Å². The van der Waals surface area contributed by atoms with Crippen LogP contribution in [0.15, 0.2) is 41.3 Å². The highest BCUT2D eigenvalue weighted by Gasteiger charge is 2.26. The van der Waals surface area contributed by atoms with Gasteiger partial charge in [0.2, 0.25) is 10.0 Å². The standard InChI is InChI=1S/C18H17ClF2N2O3S/c19-15-10-17(21)16(20)9-14(15)18(24)22-11-12-3-5-13(6-4-12)27(25,26)23-7-1-2-8-23/h3-6,9-10H,1-2,7-8,11H2,(H,22,24). The lowest BCUT2D eigenvalue weighted by atomic mass is 10.2. The summed E-state index contributed by atoms with van der Waals surface area (Å²) in [5.41, 5.74) is 0.478. The lowest BCUT2D eigenvalue weighted by Crippen LogP contribution is -2.28. The first-order chi connectivity index (χ1) is 12.8. The van der Waals surface area contributed by atoms with Crippen LogP contribution < -0.4 is 5.32 Å². The molecule has 0 unspecified atom stereocenters. The maximum atomic E-state index is 13.3. The molecule has 0 spiro atoms. The first-order valence-corrected chi connectivity index (χ1v) is 10.1. The van der Waals surface area contributed by atoms with Gasteiger partial charge in [0.05, 0.1) is 15.5 Å². The molecule has 1 heterocycles. The van der Waals surface area contributed by atoms with E-state index in [1.54, 1.807) is 12.1 Å². The summed E-state index contributed by atoms with van der Waals surface area (Å²) in [6.45, 7) is 1.13. The largest absolute Gasteiger partial charge is 0.348 e. The van der Waals surface area contributed by atoms with Crippen molar-refractivity contribution in [3.05, 3.63) is 64.2 Å². The van der Waals surface area contributed by atoms with E-state index in [2.05, 4.69) is 5.32 Å². The summed E-state index contributed by atoms with van der Waals surface area (Å²) in [6, 6.07) is 7.63. The number of rotatable bonds is 5. The number of nitrogens with one attached hydrogen (secondary N) is 1. The molecule has 1 saturated heterocycles. The SMILES string of the molecule is O=C(NCc1ccc(S(=O)(=O)N2CCCC2)cc1)c1cc(F)c(F)cc1Cl. The molecule has 1 aliphatic rings. The van der Waals surface area contributed by atoms with Crippen LogP contribution in [-0.4, -0.2) is 31.7 Å². The summed E-state index contributed by atoms with van der Waals surface area (Å²) in [4.78, 5) is 12.3. The van der Waals surface area contributed by atoms with Crippen LogP contribution in [0.25, 0.3) is 0 Å². The van der Waals surface area contributed by atoms with Crippen molar-refractivity contribution < 1.29 is 22.0 Å². The number of hydrogen-bond acceptors (Lipinski definition) is 3. The van der Waals surface area contributed by atoms with Gasteiger partial charge in [0.1, 0.15) is 0 Å². The number of nitrogens with zero attached hydrogens (tertiary/aromatic N) is 1. The first-order valence-electron chi connectivity index (χ1n) is 8.31. The Morgan fingerprint density at radius 3 is 2.30 bits per heavy atom. The van der Waals surface area contributed by atoms with Crippen LogP contribution in [-0.2, 0) is 16.6 Å². The fraction of sp³-hybridized carbons (Fsp3) is 0.278. The van der Waals surface area contributed by atoms with Crippen LogP contribution in [0.5, 0.6) is 0 Å². The van der Waals surface area contributed by atoms with Crippen molar-refractivity contribution >= 4 is 27.5 Å². The zero-order valence-corrected chi connectivity index (χ0v) is 15.8. The molecule has 144 valence electrons. The molecule has 0 aliphatic carbocycles. The van der Waals surface area contributed by atoms with Gasteiger partial charge in [-0.25, -0.2) is 17.2 Å². The van der Waals surface area contributed by atoms with Gasteiger partial charge < -0.3 is 5.32 Å². The second-order valence-electron chi connectivity index (χ2n) is 6.18. The maximum Gasteiger partial charge on any atom is 0.253 e. The molecular weight excluding hydrogens is 398 g/mol. The van der Waals surface area contributed by atoms with Crippen molar-refractivity contribution in [3.8, 4) is 0 Å². The summed E-state index contributed by atoms with van der Waals surface area (Å²) in [6.07, 6.45) is 1.71. The van der Waals surface area contributed by atoms with E-state index in [0.29, 0.717) is 18.7 Å². The van der Waals surface area contributed by atoms with Gasteiger partial charge in [-0.15, -0.1) is 0 Å². The van der Waals surface area contributed by atoms with E-state index in [9.17, 15) is 22.0 Å². The molecule has 1 aliphatic heterocycles. The van der Waals surface area contributed by atoms with E-state index in [0.717, 1.165) is 25.0 Å². The number of carbonyl (C=O) groups is 1. The third-order valence-electron chi connectivity index (χ3n) is 4.33. The Morgan fingerprint density at radius 2 is 1.67 bits per heavy atom. The summed E-state index contributed by atoms with van der Waals surface area (Å²) < 4.78 is 52.8. The van der Waals surface area contributed by atoms with E-state index in [4.69, 9.17) is 11.6 Å². The monoisotopic (exact) mass is 414 g/mol. The van der Waals surface area contributed by atoms with Gasteiger partial charge in [-0.2, -0.15) is 4.31 Å². The molecule has 1 fully saturated rings. The Hall–Kier alpha value is -2.03. The van der Waals surface area contributed by atoms with Gasteiger partial charge in [0, 0.05) is 19.6 Å². The Balaban J connectivity index is 1.67. The molecular formula is C18H17ClF2N2O3S. The quantitative estimate of drug-likeness (QED) is 0.763. The fourth-order valence-corrected chi connectivity index (χ4v) is 4.58. The number of sulfonamides is 1. The van der Waals surface area contributed by atoms with E-state index in [1.807, 2.05) is 0 Å². The molecule has 2 aromatic rings. The fourth-order valence-electron chi connectivity index (χ4n) is 2.83. The molecule has 27 heavy (non-hydrogen) atoms. The van der Waals surface area contributed by atoms with Crippen LogP contribution in [0.3, 0.4) is 0 Å². The first kappa shape index (κ1) is 19.7. The van der Waals surface area contributed by atoms with Crippen molar-refractivity contribution in [1.82, 2.24) is 9.62 Å². The van der Waals surface area contributed by atoms with Crippen molar-refractivity contribution in [3.63, 3.8) is 0 Å². The van der Waals surface area contributed by atoms with Crippen LogP contribution in [0, 0.1) is 11.6 Å². The summed E-state index contributed by atoms with van der Waals surface area (Å²) in [7, 11) is -3.49. The molecule has 0 radical (unpaired) electrons. The maximum absolute atomic E-state index is 13.3. The number of hydrogen-bond donors (Lipinski definition) is 1. The topological polar surface area (TPSA) is 66.5 Å². The van der Waals surface area contributed by atoms with Crippen molar-refractivity contribution in [1.29, 1.82) is 0 Å². The van der Waals surface area contributed by atoms with Crippen molar-refractivity contribution in [2.45, 2.75) is 24.3 Å². The lowest BCUT2D eigenvalue weighted by Gasteiger charge is -2.15. The van der Waals surface area contributed by atoms with E-state index in [-0.39, 0.29) is 22.0 Å². The number of amides is 1. The average molecular weight is 415 g/mol. The zero-order valence-electron chi connectivity index (χ0n) is 14.2. The molecule has 5 nitrogen and oxygen atoms in total. The molecule has 0 aromatic heterocycles. The highest BCUT2D eigenvalue weighted by atomic mass is 35.5. The zero-order chi connectivity index (χ0) is 19.6. The Bertz CT molecular complexity index is 959. The minimum absolute atomic E-state index is 0.0815. The Labute approximate surface area is 161 Å². The van der Waals surface area contributed by atoms with E-state index >= 15 is 0 Å². The molecule has 1 amide bonds. The molecule has 0 atom stereocenters. The predicted octanol–water partition coefficient (Wildman–Crippen LogP) is 3.33. The number of halogens is 3. The predicted molar refractivity (Wildman–Crippen MR) is 97.0 cm³/mol. The Kier molecular flexibility index (Phi) is 5.78. The second-order valence-corrected chi connectivity index (χ2v) is 8.53. The highest BCUT2D eigenvalue weighted by molar-refractivity contribution is 7.89. The van der Waals surface area contributed by atoms with Crippen LogP contribution in [0.2, 0.25) is 5.02 Å². The smallest absolute Gasteiger partial charge is 0.253 e. The summed E-state index contributed by atoms with van der Waals surface area (Å²) >= 11 is 5.77. The van der Waals surface area contributed by atoms with Crippen LogP contribution in [0.1, 0.15) is 28.8 Å². The minimum atomic E-state index is -3.49. The summed E-state index contributed by atoms with van der Waals surface area (Å²) in [5.74, 6) is -2.96. The van der Waals surface area contributed by atoms with Gasteiger partial charge in [0.25, 0.3) is 5.91 Å². The van der Waals surface area contributed by atoms with Gasteiger partial charge >= 0.3 is 0 Å². The van der Waals surface area contributed by atoms with Gasteiger partial charge in [-0.1, -0.05) is 23.7 Å². The normalized spacial score (nSPS) is 15.1. The minimum Gasteiger partial charge on any atom is -0.348 e. The van der Waals surface area contributed by atoms with Gasteiger partial charge in [0.15, 0.2) is 11.6 Å². The van der Waals surface area contributed by atoms with E-state index in [1.165, 1.54) is 16.4 Å². The summed E-state index contributed by atoms with van der Waals surface area (Å²) in [5, 5.41) is 2.35. The molecule has 0 bridgehead atoms. The molecule has 9 heteroatoms. The third-order valence-corrected chi connectivity index (χ3v) is 6.56. The Morgan fingerprint density at radius 1 is 1.07 bits per heavy atom. The van der Waals surface area contributed by atoms with E-state index < -0.39 is 27.6 Å². The third kappa shape index (κ3) is 4.28. The van der Waals surface area contributed by atoms with Gasteiger partial charge in [-0.3, -0.25) is 4.79 Å².